The molecule has 0 heterocycles. The molecule has 0 amide bonds. The number of halogens is 1. The molecule has 0 atom stereocenters. The van der Waals surface area contributed by atoms with Crippen LogP contribution in [0.25, 0.3) is 0 Å². The molecule has 5 nitrogen and oxygen atoms in total. The van der Waals surface area contributed by atoms with E-state index in [0.29, 0.717) is 11.3 Å². The minimum Gasteiger partial charge on any atom is -0.478 e. The average Bonchev–Trinajstić information content (AvgIpc) is 2.19. The van der Waals surface area contributed by atoms with Crippen molar-refractivity contribution >= 4 is 25.7 Å². The second-order valence-electron chi connectivity index (χ2n) is 4.28. The third kappa shape index (κ3) is 3.36. The maximum Gasteiger partial charge on any atom is 0.347 e. The van der Waals surface area contributed by atoms with Crippen molar-refractivity contribution in [2.45, 2.75) is 31.3 Å². The van der Waals surface area contributed by atoms with Crippen LogP contribution in [0.15, 0.2) is 23.1 Å². The van der Waals surface area contributed by atoms with Gasteiger partial charge in [-0.15, -0.1) is 0 Å². The maximum absolute atomic E-state index is 11.1. The number of carboxylic acid groups (broad SMARTS) is 1. The lowest BCUT2D eigenvalue weighted by Gasteiger charge is -2.22. The summed E-state index contributed by atoms with van der Waals surface area (Å²) < 4.78 is 27.6. The van der Waals surface area contributed by atoms with Gasteiger partial charge in [0, 0.05) is 10.7 Å². The van der Waals surface area contributed by atoms with Gasteiger partial charge >= 0.3 is 5.97 Å². The number of carboxylic acids is 1. The van der Waals surface area contributed by atoms with Crippen LogP contribution in [0.3, 0.4) is 0 Å². The van der Waals surface area contributed by atoms with Gasteiger partial charge in [-0.25, -0.2) is 13.2 Å². The first kappa shape index (κ1) is 14.8. The summed E-state index contributed by atoms with van der Waals surface area (Å²) in [6, 6.07) is 3.98. The van der Waals surface area contributed by atoms with Crippen molar-refractivity contribution in [1.82, 2.24) is 0 Å². The topological polar surface area (TPSA) is 80.7 Å². The monoisotopic (exact) mass is 292 g/mol. The van der Waals surface area contributed by atoms with Gasteiger partial charge in [0.15, 0.2) is 5.60 Å². The third-order valence-electron chi connectivity index (χ3n) is 2.31. The molecule has 1 aromatic carbocycles. The van der Waals surface area contributed by atoms with Gasteiger partial charge in [-0.05, 0) is 44.5 Å². The summed E-state index contributed by atoms with van der Waals surface area (Å²) in [5.41, 5.74) is -0.905. The zero-order valence-electron chi connectivity index (χ0n) is 10.1. The normalized spacial score (nSPS) is 12.2. The second kappa shape index (κ2) is 4.78. The molecule has 18 heavy (non-hydrogen) atoms. The summed E-state index contributed by atoms with van der Waals surface area (Å²) in [5, 5.41) is 8.94. The van der Waals surface area contributed by atoms with Gasteiger partial charge in [-0.3, -0.25) is 0 Å². The Morgan fingerprint density at radius 1 is 1.39 bits per heavy atom. The fourth-order valence-electron chi connectivity index (χ4n) is 1.21. The van der Waals surface area contributed by atoms with E-state index in [1.54, 1.807) is 6.92 Å². The van der Waals surface area contributed by atoms with Crippen LogP contribution >= 0.6 is 10.7 Å². The summed E-state index contributed by atoms with van der Waals surface area (Å²) in [6.07, 6.45) is 0. The SMILES string of the molecule is Cc1cc(S(=O)(=O)Cl)ccc1OC(C)(C)C(=O)O. The molecule has 1 N–H and O–H groups in total. The Hall–Kier alpha value is -1.27. The van der Waals surface area contributed by atoms with Crippen molar-refractivity contribution < 1.29 is 23.1 Å². The molecular formula is C11H13ClO5S. The predicted octanol–water partition coefficient (Wildman–Crippen LogP) is 2.16. The minimum absolute atomic E-state index is 0.0536. The highest BCUT2D eigenvalue weighted by Crippen LogP contribution is 2.26. The van der Waals surface area contributed by atoms with Crippen LogP contribution in [0, 0.1) is 6.92 Å². The lowest BCUT2D eigenvalue weighted by Crippen LogP contribution is -2.38. The van der Waals surface area contributed by atoms with E-state index in [-0.39, 0.29) is 4.90 Å². The molecule has 0 radical (unpaired) electrons. The molecule has 0 saturated carbocycles. The van der Waals surface area contributed by atoms with Crippen LogP contribution in [0.2, 0.25) is 0 Å². The average molecular weight is 293 g/mol. The molecule has 0 aliphatic heterocycles. The molecule has 1 rings (SSSR count). The van der Waals surface area contributed by atoms with Crippen LogP contribution < -0.4 is 4.74 Å². The molecular weight excluding hydrogens is 280 g/mol. The van der Waals surface area contributed by atoms with Crippen LogP contribution in [0.1, 0.15) is 19.4 Å². The summed E-state index contributed by atoms with van der Waals surface area (Å²) in [7, 11) is 1.40. The van der Waals surface area contributed by atoms with Gasteiger partial charge in [0.05, 0.1) is 4.90 Å². The van der Waals surface area contributed by atoms with Gasteiger partial charge in [-0.2, -0.15) is 0 Å². The Labute approximate surface area is 110 Å². The fourth-order valence-corrected chi connectivity index (χ4v) is 2.04. The first-order chi connectivity index (χ1) is 8.04. The highest BCUT2D eigenvalue weighted by molar-refractivity contribution is 8.13. The zero-order chi connectivity index (χ0) is 14.1. The number of rotatable bonds is 4. The number of aliphatic carboxylic acids is 1. The van der Waals surface area contributed by atoms with Crippen molar-refractivity contribution in [1.29, 1.82) is 0 Å². The quantitative estimate of drug-likeness (QED) is 0.860. The van der Waals surface area contributed by atoms with Gasteiger partial charge in [0.1, 0.15) is 5.75 Å². The van der Waals surface area contributed by atoms with E-state index in [1.807, 2.05) is 0 Å². The van der Waals surface area contributed by atoms with E-state index in [1.165, 1.54) is 32.0 Å². The van der Waals surface area contributed by atoms with Gasteiger partial charge in [0.2, 0.25) is 0 Å². The van der Waals surface area contributed by atoms with Crippen molar-refractivity contribution in [3.63, 3.8) is 0 Å². The first-order valence-corrected chi connectivity index (χ1v) is 7.33. The summed E-state index contributed by atoms with van der Waals surface area (Å²) >= 11 is 0. The van der Waals surface area contributed by atoms with Crippen molar-refractivity contribution in [2.75, 3.05) is 0 Å². The molecule has 0 aliphatic rings. The summed E-state index contributed by atoms with van der Waals surface area (Å²) in [5.74, 6) is -0.817. The molecule has 0 saturated heterocycles. The Bertz CT molecular complexity index is 577. The molecule has 100 valence electrons. The van der Waals surface area contributed by atoms with E-state index in [4.69, 9.17) is 20.5 Å². The summed E-state index contributed by atoms with van der Waals surface area (Å²) in [6.45, 7) is 4.42. The molecule has 0 bridgehead atoms. The Kier molecular flexibility index (Phi) is 3.92. The molecule has 1 aromatic rings. The van der Waals surface area contributed by atoms with Gasteiger partial charge in [0.25, 0.3) is 9.05 Å². The van der Waals surface area contributed by atoms with Crippen LogP contribution in [-0.2, 0) is 13.8 Å². The van der Waals surface area contributed by atoms with Crippen molar-refractivity contribution in [3.8, 4) is 5.75 Å². The lowest BCUT2D eigenvalue weighted by atomic mass is 10.1. The fraction of sp³-hybridized carbons (Fsp3) is 0.364. The number of aryl methyl sites for hydroxylation is 1. The van der Waals surface area contributed by atoms with Gasteiger partial charge in [-0.1, -0.05) is 0 Å². The predicted molar refractivity (Wildman–Crippen MR) is 66.6 cm³/mol. The zero-order valence-corrected chi connectivity index (χ0v) is 11.7. The lowest BCUT2D eigenvalue weighted by molar-refractivity contribution is -0.152. The largest absolute Gasteiger partial charge is 0.478 e. The Balaban J connectivity index is 3.12. The number of hydrogen-bond donors (Lipinski definition) is 1. The molecule has 0 aromatic heterocycles. The van der Waals surface area contributed by atoms with E-state index < -0.39 is 20.6 Å². The highest BCUT2D eigenvalue weighted by atomic mass is 35.7. The molecule has 0 unspecified atom stereocenters. The Morgan fingerprint density at radius 3 is 2.33 bits per heavy atom. The van der Waals surface area contributed by atoms with E-state index in [9.17, 15) is 13.2 Å². The van der Waals surface area contributed by atoms with Crippen molar-refractivity contribution in [3.05, 3.63) is 23.8 Å². The third-order valence-corrected chi connectivity index (χ3v) is 3.66. The number of ether oxygens (including phenoxy) is 1. The summed E-state index contributed by atoms with van der Waals surface area (Å²) in [4.78, 5) is 10.9. The van der Waals surface area contributed by atoms with Crippen LogP contribution in [0.5, 0.6) is 5.75 Å². The minimum atomic E-state index is -3.80. The molecule has 0 spiro atoms. The second-order valence-corrected chi connectivity index (χ2v) is 6.85. The molecule has 0 aliphatic carbocycles. The van der Waals surface area contributed by atoms with Crippen molar-refractivity contribution in [2.24, 2.45) is 0 Å². The number of carbonyl (C=O) groups is 1. The first-order valence-electron chi connectivity index (χ1n) is 5.02. The van der Waals surface area contributed by atoms with E-state index >= 15 is 0 Å². The standard InChI is InChI=1S/C11H13ClO5S/c1-7-6-8(18(12,15)16)4-5-9(7)17-11(2,3)10(13)14/h4-6H,1-3H3,(H,13,14). The smallest absolute Gasteiger partial charge is 0.347 e. The Morgan fingerprint density at radius 2 is 1.94 bits per heavy atom. The van der Waals surface area contributed by atoms with Crippen LogP contribution in [-0.4, -0.2) is 25.1 Å². The number of hydrogen-bond acceptors (Lipinski definition) is 4. The highest BCUT2D eigenvalue weighted by Gasteiger charge is 2.30. The number of benzene rings is 1. The molecule has 0 fully saturated rings. The van der Waals surface area contributed by atoms with Crippen LogP contribution in [0.4, 0.5) is 0 Å². The van der Waals surface area contributed by atoms with E-state index in [0.717, 1.165) is 0 Å². The van der Waals surface area contributed by atoms with E-state index in [2.05, 4.69) is 0 Å². The van der Waals surface area contributed by atoms with Gasteiger partial charge < -0.3 is 9.84 Å². The maximum atomic E-state index is 11.1. The molecule has 7 heteroatoms.